The van der Waals surface area contributed by atoms with Crippen LogP contribution >= 0.6 is 11.6 Å². The Balaban J connectivity index is 0.000000219. The number of rotatable bonds is 2. The summed E-state index contributed by atoms with van der Waals surface area (Å²) in [5.74, 6) is -1.09. The fourth-order valence-corrected chi connectivity index (χ4v) is 2.10. The second-order valence-corrected chi connectivity index (χ2v) is 4.94. The van der Waals surface area contributed by atoms with Crippen molar-refractivity contribution in [3.8, 4) is 0 Å². The fraction of sp³-hybridized carbons (Fsp3) is 0.385. The van der Waals surface area contributed by atoms with E-state index in [-0.39, 0.29) is 16.6 Å². The third-order valence-corrected chi connectivity index (χ3v) is 3.43. The SMILES string of the molecule is O=C(O)c1ccc([N+](=O)[O-])cc1.ON=C1CCCCC1Cl. The smallest absolute Gasteiger partial charge is 0.335 e. The Bertz CT molecular complexity index is 497. The van der Waals surface area contributed by atoms with Crippen molar-refractivity contribution in [2.45, 2.75) is 31.1 Å². The van der Waals surface area contributed by atoms with Crippen LogP contribution in [0.15, 0.2) is 29.4 Å². The highest BCUT2D eigenvalue weighted by atomic mass is 35.5. The molecule has 2 N–H and O–H groups in total. The summed E-state index contributed by atoms with van der Waals surface area (Å²) >= 11 is 5.79. The number of alkyl halides is 1. The van der Waals surface area contributed by atoms with Crippen LogP contribution in [0.5, 0.6) is 0 Å². The maximum Gasteiger partial charge on any atom is 0.335 e. The van der Waals surface area contributed by atoms with Crippen LogP contribution < -0.4 is 0 Å². The molecular weight excluding hydrogens is 300 g/mol. The third-order valence-electron chi connectivity index (χ3n) is 2.96. The molecule has 1 aliphatic rings. The van der Waals surface area contributed by atoms with Crippen molar-refractivity contribution in [1.29, 1.82) is 0 Å². The van der Waals surface area contributed by atoms with Gasteiger partial charge in [-0.3, -0.25) is 10.1 Å². The van der Waals surface area contributed by atoms with Crippen molar-refractivity contribution in [1.82, 2.24) is 0 Å². The molecule has 1 fully saturated rings. The maximum absolute atomic E-state index is 10.3. The molecule has 0 saturated heterocycles. The lowest BCUT2D eigenvalue weighted by atomic mass is 9.98. The molecule has 1 aromatic rings. The Morgan fingerprint density at radius 1 is 1.33 bits per heavy atom. The number of nitro groups is 1. The van der Waals surface area contributed by atoms with E-state index >= 15 is 0 Å². The number of hydrogen-bond donors (Lipinski definition) is 2. The summed E-state index contributed by atoms with van der Waals surface area (Å²) in [5, 5.41) is 30.1. The van der Waals surface area contributed by atoms with E-state index in [1.165, 1.54) is 12.1 Å². The van der Waals surface area contributed by atoms with E-state index in [0.29, 0.717) is 0 Å². The minimum atomic E-state index is -1.09. The minimum absolute atomic E-state index is 0.0104. The second-order valence-electron chi connectivity index (χ2n) is 4.41. The molecular formula is C13H15ClN2O5. The molecule has 0 spiro atoms. The molecule has 0 aliphatic heterocycles. The number of aromatic carboxylic acids is 1. The van der Waals surface area contributed by atoms with Gasteiger partial charge in [0, 0.05) is 12.1 Å². The first-order valence-electron chi connectivity index (χ1n) is 6.28. The molecule has 0 heterocycles. The van der Waals surface area contributed by atoms with Crippen molar-refractivity contribution >= 4 is 29.0 Å². The average Bonchev–Trinajstić information content (AvgIpc) is 2.48. The zero-order valence-electron chi connectivity index (χ0n) is 11.1. The van der Waals surface area contributed by atoms with E-state index < -0.39 is 10.9 Å². The van der Waals surface area contributed by atoms with Gasteiger partial charge < -0.3 is 10.3 Å². The molecule has 0 amide bonds. The number of hydrogen-bond acceptors (Lipinski definition) is 5. The molecule has 7 nitrogen and oxygen atoms in total. The lowest BCUT2D eigenvalue weighted by molar-refractivity contribution is -0.384. The van der Waals surface area contributed by atoms with E-state index in [2.05, 4.69) is 5.16 Å². The van der Waals surface area contributed by atoms with Crippen LogP contribution in [0, 0.1) is 10.1 Å². The number of non-ortho nitro benzene ring substituents is 1. The van der Waals surface area contributed by atoms with Gasteiger partial charge in [0.05, 0.1) is 21.6 Å². The molecule has 0 radical (unpaired) electrons. The summed E-state index contributed by atoms with van der Waals surface area (Å²) in [4.78, 5) is 19.9. The molecule has 2 rings (SSSR count). The normalized spacial score (nSPS) is 19.5. The second kappa shape index (κ2) is 8.21. The molecule has 0 bridgehead atoms. The first-order valence-corrected chi connectivity index (χ1v) is 6.72. The van der Waals surface area contributed by atoms with Crippen molar-refractivity contribution in [2.75, 3.05) is 0 Å². The Hall–Kier alpha value is -2.15. The number of nitro benzene ring substituents is 1. The summed E-state index contributed by atoms with van der Waals surface area (Å²) in [6.07, 6.45) is 4.10. The van der Waals surface area contributed by atoms with Gasteiger partial charge >= 0.3 is 5.97 Å². The third kappa shape index (κ3) is 5.39. The van der Waals surface area contributed by atoms with Gasteiger partial charge in [0.15, 0.2) is 0 Å². The molecule has 1 aliphatic carbocycles. The number of carbonyl (C=O) groups is 1. The van der Waals surface area contributed by atoms with E-state index in [4.69, 9.17) is 21.9 Å². The Labute approximate surface area is 126 Å². The molecule has 21 heavy (non-hydrogen) atoms. The molecule has 1 atom stereocenters. The molecule has 1 unspecified atom stereocenters. The predicted molar refractivity (Wildman–Crippen MR) is 77.4 cm³/mol. The predicted octanol–water partition coefficient (Wildman–Crippen LogP) is 3.29. The monoisotopic (exact) mass is 314 g/mol. The minimum Gasteiger partial charge on any atom is -0.478 e. The largest absolute Gasteiger partial charge is 0.478 e. The van der Waals surface area contributed by atoms with Crippen LogP contribution in [-0.2, 0) is 0 Å². The van der Waals surface area contributed by atoms with Gasteiger partial charge in [0.1, 0.15) is 0 Å². The number of halogens is 1. The first kappa shape index (κ1) is 16.9. The van der Waals surface area contributed by atoms with Gasteiger partial charge in [0.25, 0.3) is 5.69 Å². The summed E-state index contributed by atoms with van der Waals surface area (Å²) in [6, 6.07) is 4.70. The van der Waals surface area contributed by atoms with Crippen LogP contribution in [-0.4, -0.2) is 32.3 Å². The summed E-state index contributed by atoms with van der Waals surface area (Å²) < 4.78 is 0. The number of carboxylic acid groups (broad SMARTS) is 1. The Morgan fingerprint density at radius 3 is 2.33 bits per heavy atom. The van der Waals surface area contributed by atoms with Crippen molar-refractivity contribution < 1.29 is 20.0 Å². The quantitative estimate of drug-likeness (QED) is 0.376. The molecule has 114 valence electrons. The summed E-state index contributed by atoms with van der Waals surface area (Å²) in [7, 11) is 0. The standard InChI is InChI=1S/C7H5NO4.C6H10ClNO/c9-7(10)5-1-3-6(4-2-5)8(11)12;7-5-3-1-2-4-6(5)8-9/h1-4H,(H,9,10);5,9H,1-4H2. The van der Waals surface area contributed by atoms with Gasteiger partial charge in [-0.05, 0) is 31.4 Å². The highest BCUT2D eigenvalue weighted by Gasteiger charge is 2.17. The fourth-order valence-electron chi connectivity index (χ4n) is 1.79. The topological polar surface area (TPSA) is 113 Å². The van der Waals surface area contributed by atoms with Crippen LogP contribution in [0.3, 0.4) is 0 Å². The van der Waals surface area contributed by atoms with Crippen LogP contribution in [0.1, 0.15) is 36.0 Å². The van der Waals surface area contributed by atoms with Gasteiger partial charge in [-0.15, -0.1) is 11.6 Å². The highest BCUT2D eigenvalue weighted by molar-refractivity contribution is 6.32. The molecule has 8 heteroatoms. The van der Waals surface area contributed by atoms with Gasteiger partial charge in [-0.1, -0.05) is 11.6 Å². The van der Waals surface area contributed by atoms with E-state index in [1.807, 2.05) is 0 Å². The number of benzene rings is 1. The van der Waals surface area contributed by atoms with Crippen molar-refractivity contribution in [3.05, 3.63) is 39.9 Å². The van der Waals surface area contributed by atoms with Crippen molar-refractivity contribution in [2.24, 2.45) is 5.16 Å². The van der Waals surface area contributed by atoms with E-state index in [0.717, 1.165) is 43.5 Å². The van der Waals surface area contributed by atoms with Crippen LogP contribution in [0.25, 0.3) is 0 Å². The lowest BCUT2D eigenvalue weighted by Crippen LogP contribution is -2.18. The maximum atomic E-state index is 10.3. The van der Waals surface area contributed by atoms with Gasteiger partial charge in [-0.2, -0.15) is 0 Å². The van der Waals surface area contributed by atoms with E-state index in [9.17, 15) is 14.9 Å². The van der Waals surface area contributed by atoms with Gasteiger partial charge in [0.2, 0.25) is 0 Å². The highest BCUT2D eigenvalue weighted by Crippen LogP contribution is 2.19. The van der Waals surface area contributed by atoms with Crippen LogP contribution in [0.2, 0.25) is 0 Å². The Kier molecular flexibility index (Phi) is 6.61. The number of oxime groups is 1. The van der Waals surface area contributed by atoms with Gasteiger partial charge in [-0.25, -0.2) is 4.79 Å². The van der Waals surface area contributed by atoms with Crippen molar-refractivity contribution in [3.63, 3.8) is 0 Å². The number of nitrogens with zero attached hydrogens (tertiary/aromatic N) is 2. The zero-order valence-corrected chi connectivity index (χ0v) is 11.9. The molecule has 0 aromatic heterocycles. The average molecular weight is 315 g/mol. The summed E-state index contributed by atoms with van der Waals surface area (Å²) in [6.45, 7) is 0. The van der Waals surface area contributed by atoms with Crippen LogP contribution in [0.4, 0.5) is 5.69 Å². The Morgan fingerprint density at radius 2 is 1.95 bits per heavy atom. The first-order chi connectivity index (χ1) is 9.95. The lowest BCUT2D eigenvalue weighted by Gasteiger charge is -2.15. The van der Waals surface area contributed by atoms with E-state index in [1.54, 1.807) is 0 Å². The number of carboxylic acids is 1. The zero-order chi connectivity index (χ0) is 15.8. The molecule has 1 aromatic carbocycles. The summed E-state index contributed by atoms with van der Waals surface area (Å²) in [5.41, 5.74) is 0.684. The molecule has 1 saturated carbocycles.